The van der Waals surface area contributed by atoms with E-state index >= 15 is 0 Å². The maximum atomic E-state index is 13.9. The lowest BCUT2D eigenvalue weighted by atomic mass is 9.92. The number of aliphatic carboxylic acids is 1. The average Bonchev–Trinajstić information content (AvgIpc) is 2.14. The summed E-state index contributed by atoms with van der Waals surface area (Å²) in [5.41, 5.74) is -1.82. The third-order valence-corrected chi connectivity index (χ3v) is 2.43. The molecular formula is C9H14FNO4. The van der Waals surface area contributed by atoms with Crippen LogP contribution in [0.5, 0.6) is 0 Å². The van der Waals surface area contributed by atoms with Crippen LogP contribution in [0.15, 0.2) is 0 Å². The molecule has 0 bridgehead atoms. The van der Waals surface area contributed by atoms with Gasteiger partial charge in [0.05, 0.1) is 20.1 Å². The Kier molecular flexibility index (Phi) is 3.49. The van der Waals surface area contributed by atoms with Crippen LogP contribution in [-0.4, -0.2) is 47.9 Å². The highest BCUT2D eigenvalue weighted by Gasteiger charge is 2.39. The van der Waals surface area contributed by atoms with E-state index in [1.54, 1.807) is 0 Å². The van der Waals surface area contributed by atoms with Crippen molar-refractivity contribution < 1.29 is 23.8 Å². The molecule has 0 saturated carbocycles. The van der Waals surface area contributed by atoms with Crippen molar-refractivity contribution >= 4 is 12.1 Å². The molecule has 0 aromatic carbocycles. The molecule has 1 aliphatic heterocycles. The number of halogens is 1. The summed E-state index contributed by atoms with van der Waals surface area (Å²) in [6, 6.07) is 0. The summed E-state index contributed by atoms with van der Waals surface area (Å²) in [5.74, 6) is -1.19. The molecule has 1 heterocycles. The van der Waals surface area contributed by atoms with Crippen LogP contribution in [-0.2, 0) is 9.53 Å². The van der Waals surface area contributed by atoms with Gasteiger partial charge in [-0.05, 0) is 12.8 Å². The SMILES string of the molecule is COC(=O)N1CCCC(F)(CC(=O)O)C1. The lowest BCUT2D eigenvalue weighted by molar-refractivity contribution is -0.141. The number of carboxylic acid groups (broad SMARTS) is 1. The number of hydrogen-bond acceptors (Lipinski definition) is 3. The van der Waals surface area contributed by atoms with Gasteiger partial charge < -0.3 is 14.7 Å². The van der Waals surface area contributed by atoms with Crippen LogP contribution >= 0.6 is 0 Å². The number of carboxylic acids is 1. The molecule has 86 valence electrons. The van der Waals surface area contributed by atoms with Gasteiger partial charge in [-0.15, -0.1) is 0 Å². The topological polar surface area (TPSA) is 66.8 Å². The van der Waals surface area contributed by atoms with Gasteiger partial charge in [-0.3, -0.25) is 4.79 Å². The van der Waals surface area contributed by atoms with E-state index in [9.17, 15) is 14.0 Å². The predicted octanol–water partition coefficient (Wildman–Crippen LogP) is 1.03. The second kappa shape index (κ2) is 4.46. The van der Waals surface area contributed by atoms with Crippen molar-refractivity contribution in [2.45, 2.75) is 24.9 Å². The number of nitrogens with zero attached hydrogens (tertiary/aromatic N) is 1. The van der Waals surface area contributed by atoms with Gasteiger partial charge in [0.2, 0.25) is 0 Å². The number of likely N-dealkylation sites (tertiary alicyclic amines) is 1. The number of piperidine rings is 1. The molecular weight excluding hydrogens is 205 g/mol. The lowest BCUT2D eigenvalue weighted by Crippen LogP contribution is -2.48. The molecule has 1 aliphatic rings. The Morgan fingerprint density at radius 1 is 1.60 bits per heavy atom. The van der Waals surface area contributed by atoms with Crippen molar-refractivity contribution in [3.8, 4) is 0 Å². The smallest absolute Gasteiger partial charge is 0.409 e. The van der Waals surface area contributed by atoms with Crippen LogP contribution in [0.2, 0.25) is 0 Å². The molecule has 0 spiro atoms. The maximum absolute atomic E-state index is 13.9. The lowest BCUT2D eigenvalue weighted by Gasteiger charge is -2.35. The minimum Gasteiger partial charge on any atom is -0.481 e. The summed E-state index contributed by atoms with van der Waals surface area (Å²) in [4.78, 5) is 22.8. The van der Waals surface area contributed by atoms with E-state index in [-0.39, 0.29) is 13.0 Å². The Hall–Kier alpha value is -1.33. The fourth-order valence-corrected chi connectivity index (χ4v) is 1.79. The molecule has 1 fully saturated rings. The van der Waals surface area contributed by atoms with Crippen LogP contribution in [0.4, 0.5) is 9.18 Å². The quantitative estimate of drug-likeness (QED) is 0.753. The molecule has 1 unspecified atom stereocenters. The fraction of sp³-hybridized carbons (Fsp3) is 0.778. The van der Waals surface area contributed by atoms with Crippen molar-refractivity contribution in [3.05, 3.63) is 0 Å². The van der Waals surface area contributed by atoms with E-state index in [1.165, 1.54) is 12.0 Å². The zero-order valence-electron chi connectivity index (χ0n) is 8.53. The number of carbonyl (C=O) groups is 2. The van der Waals surface area contributed by atoms with Gasteiger partial charge in [-0.25, -0.2) is 9.18 Å². The summed E-state index contributed by atoms with van der Waals surface area (Å²) in [6.45, 7) is 0.212. The third kappa shape index (κ3) is 3.07. The van der Waals surface area contributed by atoms with E-state index in [0.717, 1.165) is 0 Å². The van der Waals surface area contributed by atoms with Crippen molar-refractivity contribution in [1.82, 2.24) is 4.90 Å². The first kappa shape index (κ1) is 11.7. The highest BCUT2D eigenvalue weighted by atomic mass is 19.1. The summed E-state index contributed by atoms with van der Waals surface area (Å²) in [6.07, 6.45) is -0.547. The molecule has 15 heavy (non-hydrogen) atoms. The molecule has 1 rings (SSSR count). The molecule has 0 radical (unpaired) electrons. The standard InChI is InChI=1S/C9H14FNO4/c1-15-8(14)11-4-2-3-9(10,6-11)5-7(12)13/h2-6H2,1H3,(H,12,13). The number of alkyl halides is 1. The second-order valence-corrected chi connectivity index (χ2v) is 3.72. The Morgan fingerprint density at radius 2 is 2.27 bits per heavy atom. The van der Waals surface area contributed by atoms with E-state index in [2.05, 4.69) is 4.74 Å². The normalized spacial score (nSPS) is 26.1. The van der Waals surface area contributed by atoms with Crippen molar-refractivity contribution in [1.29, 1.82) is 0 Å². The van der Waals surface area contributed by atoms with Crippen molar-refractivity contribution in [3.63, 3.8) is 0 Å². The second-order valence-electron chi connectivity index (χ2n) is 3.72. The maximum Gasteiger partial charge on any atom is 0.409 e. The monoisotopic (exact) mass is 219 g/mol. The molecule has 0 aliphatic carbocycles. The number of ether oxygens (including phenoxy) is 1. The fourth-order valence-electron chi connectivity index (χ4n) is 1.79. The highest BCUT2D eigenvalue weighted by molar-refractivity contribution is 5.70. The van der Waals surface area contributed by atoms with Gasteiger partial charge in [0.25, 0.3) is 0 Å². The molecule has 0 aromatic heterocycles. The summed E-state index contributed by atoms with van der Waals surface area (Å²) < 4.78 is 18.4. The van der Waals surface area contributed by atoms with Crippen LogP contribution in [0, 0.1) is 0 Å². The number of methoxy groups -OCH3 is 1. The van der Waals surface area contributed by atoms with Crippen LogP contribution < -0.4 is 0 Å². The Labute approximate surface area is 86.8 Å². The van der Waals surface area contributed by atoms with Gasteiger partial charge >= 0.3 is 12.1 Å². The highest BCUT2D eigenvalue weighted by Crippen LogP contribution is 2.28. The zero-order valence-corrected chi connectivity index (χ0v) is 8.53. The van der Waals surface area contributed by atoms with E-state index in [0.29, 0.717) is 13.0 Å². The molecule has 6 heteroatoms. The predicted molar refractivity (Wildman–Crippen MR) is 49.3 cm³/mol. The van der Waals surface area contributed by atoms with Crippen molar-refractivity contribution in [2.75, 3.05) is 20.2 Å². The number of amides is 1. The number of carbonyl (C=O) groups excluding carboxylic acids is 1. The van der Waals surface area contributed by atoms with E-state index in [1.807, 2.05) is 0 Å². The van der Waals surface area contributed by atoms with Crippen LogP contribution in [0.25, 0.3) is 0 Å². The Morgan fingerprint density at radius 3 is 2.80 bits per heavy atom. The zero-order chi connectivity index (χ0) is 11.5. The molecule has 1 saturated heterocycles. The Bertz CT molecular complexity index is 271. The molecule has 0 aromatic rings. The molecule has 5 nitrogen and oxygen atoms in total. The summed E-state index contributed by atoms with van der Waals surface area (Å²) in [7, 11) is 1.22. The van der Waals surface area contributed by atoms with Gasteiger partial charge in [-0.1, -0.05) is 0 Å². The largest absolute Gasteiger partial charge is 0.481 e. The average molecular weight is 219 g/mol. The van der Waals surface area contributed by atoms with Gasteiger partial charge in [0.15, 0.2) is 0 Å². The first-order valence-corrected chi connectivity index (χ1v) is 4.70. The minimum absolute atomic E-state index is 0.173. The number of rotatable bonds is 2. The Balaban J connectivity index is 2.61. The van der Waals surface area contributed by atoms with Crippen LogP contribution in [0.3, 0.4) is 0 Å². The third-order valence-electron chi connectivity index (χ3n) is 2.43. The summed E-state index contributed by atoms with van der Waals surface area (Å²) >= 11 is 0. The van der Waals surface area contributed by atoms with E-state index in [4.69, 9.17) is 5.11 Å². The summed E-state index contributed by atoms with van der Waals surface area (Å²) in [5, 5.41) is 8.54. The van der Waals surface area contributed by atoms with Gasteiger partial charge in [0.1, 0.15) is 5.67 Å². The van der Waals surface area contributed by atoms with Crippen molar-refractivity contribution in [2.24, 2.45) is 0 Å². The minimum atomic E-state index is -1.82. The van der Waals surface area contributed by atoms with Gasteiger partial charge in [-0.2, -0.15) is 0 Å². The van der Waals surface area contributed by atoms with Crippen LogP contribution in [0.1, 0.15) is 19.3 Å². The first-order valence-electron chi connectivity index (χ1n) is 4.70. The molecule has 1 atom stereocenters. The van der Waals surface area contributed by atoms with Gasteiger partial charge in [0, 0.05) is 6.54 Å². The first-order chi connectivity index (χ1) is 6.97. The molecule has 1 amide bonds. The molecule has 1 N–H and O–H groups in total. The number of hydrogen-bond donors (Lipinski definition) is 1. The van der Waals surface area contributed by atoms with E-state index < -0.39 is 24.2 Å².